The number of nitrogens with one attached hydrogen (secondary N) is 1. The largest absolute Gasteiger partial charge is 0.381 e. The molecule has 0 atom stereocenters. The molecule has 3 rings (SSSR count). The molecule has 0 spiro atoms. The van der Waals surface area contributed by atoms with Gasteiger partial charge in [0.15, 0.2) is 0 Å². The second-order valence-electron chi connectivity index (χ2n) is 5.81. The first-order valence-electron chi connectivity index (χ1n) is 7.32. The molecule has 0 aromatic heterocycles. The third-order valence-electron chi connectivity index (χ3n) is 4.27. The molecule has 1 aliphatic heterocycles. The van der Waals surface area contributed by atoms with Crippen LogP contribution in [0.4, 0.5) is 0 Å². The zero-order valence-electron chi connectivity index (χ0n) is 11.6. The minimum atomic E-state index is 0.934. The number of allylic oxidation sites excluding steroid dienone is 6. The Balaban J connectivity index is 1.86. The van der Waals surface area contributed by atoms with E-state index in [2.05, 4.69) is 37.4 Å². The van der Waals surface area contributed by atoms with Gasteiger partial charge in [-0.2, -0.15) is 0 Å². The molecule has 1 heterocycles. The SMILES string of the molecule is CCC1=C(C2=CC=C(C3CC3)CC2)NCC(C)=C1. The van der Waals surface area contributed by atoms with Gasteiger partial charge in [-0.25, -0.2) is 0 Å². The summed E-state index contributed by atoms with van der Waals surface area (Å²) in [7, 11) is 0. The van der Waals surface area contributed by atoms with Gasteiger partial charge in [-0.3, -0.25) is 0 Å². The highest BCUT2D eigenvalue weighted by molar-refractivity contribution is 5.46. The molecule has 0 saturated heterocycles. The smallest absolute Gasteiger partial charge is 0.0407 e. The predicted molar refractivity (Wildman–Crippen MR) is 77.2 cm³/mol. The van der Waals surface area contributed by atoms with Crippen LogP contribution in [0, 0.1) is 5.92 Å². The molecular formula is C17H23N. The Morgan fingerprint density at radius 1 is 1.22 bits per heavy atom. The van der Waals surface area contributed by atoms with Gasteiger partial charge < -0.3 is 5.32 Å². The Bertz CT molecular complexity index is 470. The highest BCUT2D eigenvalue weighted by Crippen LogP contribution is 2.41. The van der Waals surface area contributed by atoms with Crippen molar-refractivity contribution >= 4 is 0 Å². The van der Waals surface area contributed by atoms with Gasteiger partial charge in [0.2, 0.25) is 0 Å². The average Bonchev–Trinajstić information content (AvgIpc) is 3.23. The Kier molecular flexibility index (Phi) is 3.15. The zero-order chi connectivity index (χ0) is 12.5. The van der Waals surface area contributed by atoms with Crippen LogP contribution in [0.2, 0.25) is 0 Å². The molecule has 0 amide bonds. The van der Waals surface area contributed by atoms with Crippen LogP contribution in [0.1, 0.15) is 46.0 Å². The van der Waals surface area contributed by atoms with Crippen LogP contribution >= 0.6 is 0 Å². The Morgan fingerprint density at radius 2 is 2.06 bits per heavy atom. The fourth-order valence-electron chi connectivity index (χ4n) is 3.02. The molecule has 1 heteroatoms. The van der Waals surface area contributed by atoms with Crippen molar-refractivity contribution in [1.82, 2.24) is 5.32 Å². The van der Waals surface area contributed by atoms with Crippen molar-refractivity contribution in [2.24, 2.45) is 5.92 Å². The summed E-state index contributed by atoms with van der Waals surface area (Å²) in [5.74, 6) is 0.934. The monoisotopic (exact) mass is 241 g/mol. The molecule has 1 N–H and O–H groups in total. The minimum absolute atomic E-state index is 0.934. The van der Waals surface area contributed by atoms with Crippen LogP contribution in [0.5, 0.6) is 0 Å². The quantitative estimate of drug-likeness (QED) is 0.778. The summed E-state index contributed by atoms with van der Waals surface area (Å²) in [6.45, 7) is 5.47. The van der Waals surface area contributed by atoms with Crippen molar-refractivity contribution in [2.45, 2.75) is 46.0 Å². The number of hydrogen-bond donors (Lipinski definition) is 1. The lowest BCUT2D eigenvalue weighted by atomic mass is 9.90. The van der Waals surface area contributed by atoms with Crippen molar-refractivity contribution in [2.75, 3.05) is 6.54 Å². The summed E-state index contributed by atoms with van der Waals surface area (Å²) >= 11 is 0. The fraction of sp³-hybridized carbons (Fsp3) is 0.529. The van der Waals surface area contributed by atoms with Crippen molar-refractivity contribution in [3.05, 3.63) is 46.2 Å². The molecule has 0 bridgehead atoms. The molecule has 0 aromatic rings. The Morgan fingerprint density at radius 3 is 2.67 bits per heavy atom. The predicted octanol–water partition coefficient (Wildman–Crippen LogP) is 4.26. The zero-order valence-corrected chi connectivity index (χ0v) is 11.6. The van der Waals surface area contributed by atoms with E-state index in [1.165, 1.54) is 48.1 Å². The summed E-state index contributed by atoms with van der Waals surface area (Å²) in [6, 6.07) is 0. The molecule has 1 fully saturated rings. The molecular weight excluding hydrogens is 218 g/mol. The lowest BCUT2D eigenvalue weighted by Gasteiger charge is -2.24. The third-order valence-corrected chi connectivity index (χ3v) is 4.27. The maximum absolute atomic E-state index is 3.61. The topological polar surface area (TPSA) is 12.0 Å². The lowest BCUT2D eigenvalue weighted by molar-refractivity contribution is 0.771. The molecule has 96 valence electrons. The second-order valence-corrected chi connectivity index (χ2v) is 5.81. The number of rotatable bonds is 3. The van der Waals surface area contributed by atoms with Gasteiger partial charge in [-0.1, -0.05) is 36.3 Å². The van der Waals surface area contributed by atoms with Gasteiger partial charge in [0.25, 0.3) is 0 Å². The van der Waals surface area contributed by atoms with Crippen molar-refractivity contribution < 1.29 is 0 Å². The molecule has 0 radical (unpaired) electrons. The van der Waals surface area contributed by atoms with E-state index < -0.39 is 0 Å². The lowest BCUT2D eigenvalue weighted by Crippen LogP contribution is -2.23. The maximum atomic E-state index is 3.61. The minimum Gasteiger partial charge on any atom is -0.381 e. The van der Waals surface area contributed by atoms with Crippen molar-refractivity contribution in [1.29, 1.82) is 0 Å². The first-order chi connectivity index (χ1) is 8.78. The standard InChI is InChI=1S/C17H23N/c1-3-13-10-12(2)11-18-17(13)16-8-6-15(7-9-16)14-4-5-14/h6,8,10,14,18H,3-5,7,9,11H2,1-2H3. The Labute approximate surface area is 110 Å². The normalized spacial score (nSPS) is 24.2. The van der Waals surface area contributed by atoms with E-state index in [-0.39, 0.29) is 0 Å². The van der Waals surface area contributed by atoms with Gasteiger partial charge in [-0.05, 0) is 56.1 Å². The molecule has 18 heavy (non-hydrogen) atoms. The third kappa shape index (κ3) is 2.31. The summed E-state index contributed by atoms with van der Waals surface area (Å²) in [5, 5.41) is 3.61. The molecule has 1 nitrogen and oxygen atoms in total. The average molecular weight is 241 g/mol. The van der Waals surface area contributed by atoms with Gasteiger partial charge in [0.1, 0.15) is 0 Å². The summed E-state index contributed by atoms with van der Waals surface area (Å²) in [4.78, 5) is 0. The fourth-order valence-corrected chi connectivity index (χ4v) is 3.02. The number of dihydropyridines is 1. The van der Waals surface area contributed by atoms with E-state index in [1.807, 2.05) is 0 Å². The first-order valence-corrected chi connectivity index (χ1v) is 7.32. The highest BCUT2D eigenvalue weighted by atomic mass is 14.9. The van der Waals surface area contributed by atoms with Gasteiger partial charge in [0.05, 0.1) is 0 Å². The molecule has 2 aliphatic carbocycles. The van der Waals surface area contributed by atoms with Gasteiger partial charge >= 0.3 is 0 Å². The van der Waals surface area contributed by atoms with E-state index in [1.54, 1.807) is 5.57 Å². The van der Waals surface area contributed by atoms with Crippen molar-refractivity contribution in [3.8, 4) is 0 Å². The molecule has 3 aliphatic rings. The molecule has 0 aromatic carbocycles. The van der Waals surface area contributed by atoms with E-state index in [0.29, 0.717) is 0 Å². The van der Waals surface area contributed by atoms with Crippen LogP contribution in [-0.2, 0) is 0 Å². The molecule has 0 unspecified atom stereocenters. The van der Waals surface area contributed by atoms with E-state index in [0.717, 1.165) is 18.9 Å². The van der Waals surface area contributed by atoms with Gasteiger partial charge in [-0.15, -0.1) is 0 Å². The van der Waals surface area contributed by atoms with Crippen LogP contribution in [-0.4, -0.2) is 6.54 Å². The van der Waals surface area contributed by atoms with Gasteiger partial charge in [0, 0.05) is 12.2 Å². The van der Waals surface area contributed by atoms with E-state index in [4.69, 9.17) is 0 Å². The van der Waals surface area contributed by atoms with Crippen LogP contribution in [0.3, 0.4) is 0 Å². The van der Waals surface area contributed by atoms with Crippen LogP contribution < -0.4 is 5.32 Å². The number of hydrogen-bond acceptors (Lipinski definition) is 1. The van der Waals surface area contributed by atoms with Crippen LogP contribution in [0.15, 0.2) is 46.2 Å². The summed E-state index contributed by atoms with van der Waals surface area (Å²) < 4.78 is 0. The van der Waals surface area contributed by atoms with Crippen molar-refractivity contribution in [3.63, 3.8) is 0 Å². The summed E-state index contributed by atoms with van der Waals surface area (Å²) in [5.41, 5.74) is 7.55. The second kappa shape index (κ2) is 4.79. The molecule has 1 saturated carbocycles. The highest BCUT2D eigenvalue weighted by Gasteiger charge is 2.27. The summed E-state index contributed by atoms with van der Waals surface area (Å²) in [6.07, 6.45) is 13.6. The Hall–Kier alpha value is -1.24. The maximum Gasteiger partial charge on any atom is 0.0407 e. The van der Waals surface area contributed by atoms with E-state index in [9.17, 15) is 0 Å². The van der Waals surface area contributed by atoms with E-state index >= 15 is 0 Å². The first kappa shape index (κ1) is 11.8. The van der Waals surface area contributed by atoms with Crippen LogP contribution in [0.25, 0.3) is 0 Å².